The molecule has 0 aromatic carbocycles. The van der Waals surface area contributed by atoms with Crippen LogP contribution in [0.1, 0.15) is 24.3 Å². The zero-order chi connectivity index (χ0) is 11.2. The number of thioether (sulfide) groups is 1. The monoisotopic (exact) mass is 226 g/mol. The highest BCUT2D eigenvalue weighted by Gasteiger charge is 2.31. The van der Waals surface area contributed by atoms with Gasteiger partial charge in [0.25, 0.3) is 0 Å². The number of nitrogens with one attached hydrogen (secondary N) is 1. The van der Waals surface area contributed by atoms with Gasteiger partial charge < -0.3 is 15.0 Å². The molecule has 0 bridgehead atoms. The number of anilines is 1. The van der Waals surface area contributed by atoms with Gasteiger partial charge in [-0.2, -0.15) is 0 Å². The summed E-state index contributed by atoms with van der Waals surface area (Å²) in [4.78, 5) is 12.0. The van der Waals surface area contributed by atoms with Crippen LogP contribution < -0.4 is 5.32 Å². The van der Waals surface area contributed by atoms with Crippen molar-refractivity contribution in [3.63, 3.8) is 0 Å². The molecule has 2 heterocycles. The average molecular weight is 226 g/mol. The number of hydrogen-bond acceptors (Lipinski definition) is 3. The molecule has 0 atom stereocenters. The Hall–Kier alpha value is -1.10. The van der Waals surface area contributed by atoms with E-state index in [4.69, 9.17) is 5.11 Å². The van der Waals surface area contributed by atoms with Crippen LogP contribution in [-0.2, 0) is 7.05 Å². The maximum Gasteiger partial charge on any atom is 0.353 e. The van der Waals surface area contributed by atoms with E-state index in [1.807, 2.05) is 6.20 Å². The van der Waals surface area contributed by atoms with Crippen molar-refractivity contribution in [2.75, 3.05) is 11.9 Å². The van der Waals surface area contributed by atoms with E-state index in [0.717, 1.165) is 17.1 Å². The molecule has 2 N–H and O–H groups in total. The van der Waals surface area contributed by atoms with E-state index in [1.54, 1.807) is 23.4 Å². The third-order valence-corrected chi connectivity index (χ3v) is 3.73. The molecule has 0 fully saturated rings. The molecule has 1 aromatic heterocycles. The average Bonchev–Trinajstić information content (AvgIpc) is 2.38. The van der Waals surface area contributed by atoms with Gasteiger partial charge in [0.05, 0.1) is 10.6 Å². The van der Waals surface area contributed by atoms with Gasteiger partial charge in [0.2, 0.25) is 0 Å². The third-order valence-electron chi connectivity index (χ3n) is 2.42. The van der Waals surface area contributed by atoms with Gasteiger partial charge in [-0.15, -0.1) is 11.8 Å². The van der Waals surface area contributed by atoms with Gasteiger partial charge in [0, 0.05) is 24.5 Å². The van der Waals surface area contributed by atoms with Crippen LogP contribution in [0.25, 0.3) is 0 Å². The van der Waals surface area contributed by atoms with Crippen LogP contribution in [0, 0.1) is 0 Å². The molecule has 1 aromatic rings. The summed E-state index contributed by atoms with van der Waals surface area (Å²) in [5.41, 5.74) is 1.30. The molecule has 5 heteroatoms. The third kappa shape index (κ3) is 1.71. The minimum Gasteiger partial charge on any atom is -0.477 e. The highest BCUT2D eigenvalue weighted by molar-refractivity contribution is 8.01. The van der Waals surface area contributed by atoms with Crippen molar-refractivity contribution >= 4 is 23.4 Å². The first-order chi connectivity index (χ1) is 6.91. The van der Waals surface area contributed by atoms with Crippen molar-refractivity contribution in [1.82, 2.24) is 4.57 Å². The summed E-state index contributed by atoms with van der Waals surface area (Å²) in [6, 6.07) is 0. The lowest BCUT2D eigenvalue weighted by atomic mass is 10.2. The molecule has 0 radical (unpaired) electrons. The van der Waals surface area contributed by atoms with Crippen molar-refractivity contribution in [3.05, 3.63) is 11.9 Å². The van der Waals surface area contributed by atoms with Gasteiger partial charge in [-0.3, -0.25) is 0 Å². The largest absolute Gasteiger partial charge is 0.477 e. The molecular formula is C10H14N2O2S. The Balaban J connectivity index is 2.51. The summed E-state index contributed by atoms with van der Waals surface area (Å²) in [5.74, 6) is -0.870. The predicted octanol–water partition coefficient (Wildman–Crippen LogP) is 2.02. The second-order valence-corrected chi connectivity index (χ2v) is 6.07. The zero-order valence-electron chi connectivity index (χ0n) is 9.00. The molecule has 0 spiro atoms. The summed E-state index contributed by atoms with van der Waals surface area (Å²) < 4.78 is 1.70. The first-order valence-electron chi connectivity index (χ1n) is 4.76. The number of aryl methyl sites for hydroxylation is 1. The van der Waals surface area contributed by atoms with Crippen molar-refractivity contribution in [2.45, 2.75) is 23.5 Å². The summed E-state index contributed by atoms with van der Waals surface area (Å²) in [6.07, 6.45) is 1.83. The van der Waals surface area contributed by atoms with Gasteiger partial charge in [0.15, 0.2) is 0 Å². The lowest BCUT2D eigenvalue weighted by Crippen LogP contribution is -2.29. The number of aromatic carboxylic acids is 1. The Kier molecular flexibility index (Phi) is 2.22. The van der Waals surface area contributed by atoms with Crippen LogP contribution in [0.2, 0.25) is 0 Å². The standard InChI is InChI=1S/C10H14N2O2S/c1-10(2)5-11-6-4-12(3)7(9(13)14)8(6)15-10/h4,11H,5H2,1-3H3,(H,13,14). The summed E-state index contributed by atoms with van der Waals surface area (Å²) in [6.45, 7) is 5.06. The lowest BCUT2D eigenvalue weighted by Gasteiger charge is -2.30. The number of fused-ring (bicyclic) bond motifs is 1. The number of carboxylic acid groups (broad SMARTS) is 1. The summed E-state index contributed by atoms with van der Waals surface area (Å²) >= 11 is 1.63. The first-order valence-corrected chi connectivity index (χ1v) is 5.58. The number of carboxylic acids is 1. The Bertz CT molecular complexity index is 423. The fourth-order valence-corrected chi connectivity index (χ4v) is 2.96. The van der Waals surface area contributed by atoms with Crippen LogP contribution in [-0.4, -0.2) is 26.9 Å². The molecule has 1 aliphatic rings. The molecule has 0 aliphatic carbocycles. The van der Waals surface area contributed by atoms with E-state index < -0.39 is 5.97 Å². The van der Waals surface area contributed by atoms with E-state index >= 15 is 0 Å². The first kappa shape index (κ1) is 10.4. The maximum atomic E-state index is 11.1. The minimum atomic E-state index is -0.870. The Morgan fingerprint density at radius 2 is 2.33 bits per heavy atom. The van der Waals surface area contributed by atoms with E-state index in [2.05, 4.69) is 19.2 Å². The van der Waals surface area contributed by atoms with Crippen molar-refractivity contribution in [2.24, 2.45) is 7.05 Å². The quantitative estimate of drug-likeness (QED) is 0.769. The van der Waals surface area contributed by atoms with Gasteiger partial charge in [-0.25, -0.2) is 4.79 Å². The highest BCUT2D eigenvalue weighted by atomic mass is 32.2. The van der Waals surface area contributed by atoms with Gasteiger partial charge in [0.1, 0.15) is 5.69 Å². The number of hydrogen-bond donors (Lipinski definition) is 2. The molecular weight excluding hydrogens is 212 g/mol. The predicted molar refractivity (Wildman–Crippen MR) is 60.8 cm³/mol. The van der Waals surface area contributed by atoms with Gasteiger partial charge in [-0.1, -0.05) is 0 Å². The zero-order valence-corrected chi connectivity index (χ0v) is 9.81. The second-order valence-electron chi connectivity index (χ2n) is 4.35. The number of carbonyl (C=O) groups is 1. The Morgan fingerprint density at radius 3 is 2.93 bits per heavy atom. The van der Waals surface area contributed by atoms with Crippen molar-refractivity contribution in [3.8, 4) is 0 Å². The van der Waals surface area contributed by atoms with Gasteiger partial charge >= 0.3 is 5.97 Å². The van der Waals surface area contributed by atoms with E-state index in [-0.39, 0.29) is 4.75 Å². The molecule has 15 heavy (non-hydrogen) atoms. The highest BCUT2D eigenvalue weighted by Crippen LogP contribution is 2.44. The molecule has 2 rings (SSSR count). The molecule has 0 saturated carbocycles. The van der Waals surface area contributed by atoms with Gasteiger partial charge in [-0.05, 0) is 13.8 Å². The molecule has 0 amide bonds. The van der Waals surface area contributed by atoms with Crippen LogP contribution >= 0.6 is 11.8 Å². The van der Waals surface area contributed by atoms with Crippen LogP contribution in [0.5, 0.6) is 0 Å². The molecule has 1 aliphatic heterocycles. The molecule has 0 unspecified atom stereocenters. The Morgan fingerprint density at radius 1 is 1.67 bits per heavy atom. The minimum absolute atomic E-state index is 0.0402. The summed E-state index contributed by atoms with van der Waals surface area (Å²) in [7, 11) is 1.76. The fourth-order valence-electron chi connectivity index (χ4n) is 1.70. The SMILES string of the molecule is Cn1cc2c(c1C(=O)O)SC(C)(C)CN2. The summed E-state index contributed by atoms with van der Waals surface area (Å²) in [5, 5.41) is 12.4. The molecule has 82 valence electrons. The number of rotatable bonds is 1. The van der Waals surface area contributed by atoms with Crippen LogP contribution in [0.3, 0.4) is 0 Å². The molecule has 4 nitrogen and oxygen atoms in total. The lowest BCUT2D eigenvalue weighted by molar-refractivity contribution is 0.0682. The number of nitrogens with zero attached hydrogens (tertiary/aromatic N) is 1. The van der Waals surface area contributed by atoms with Crippen LogP contribution in [0.15, 0.2) is 11.1 Å². The van der Waals surface area contributed by atoms with Crippen molar-refractivity contribution in [1.29, 1.82) is 0 Å². The van der Waals surface area contributed by atoms with E-state index in [9.17, 15) is 4.79 Å². The normalized spacial score (nSPS) is 18.1. The Labute approximate surface area is 92.7 Å². The smallest absolute Gasteiger partial charge is 0.353 e. The fraction of sp³-hybridized carbons (Fsp3) is 0.500. The van der Waals surface area contributed by atoms with Crippen LogP contribution in [0.4, 0.5) is 5.69 Å². The number of aromatic nitrogens is 1. The second kappa shape index (κ2) is 3.20. The topological polar surface area (TPSA) is 54.3 Å². The maximum absolute atomic E-state index is 11.1. The molecule has 0 saturated heterocycles. The van der Waals surface area contributed by atoms with Crippen molar-refractivity contribution < 1.29 is 9.90 Å². The van der Waals surface area contributed by atoms with E-state index in [1.165, 1.54) is 0 Å². The van der Waals surface area contributed by atoms with E-state index in [0.29, 0.717) is 5.69 Å².